The normalized spacial score (nSPS) is 10.5. The molecule has 0 aliphatic rings. The Bertz CT molecular complexity index is 677. The Kier molecular flexibility index (Phi) is 3.19. The van der Waals surface area contributed by atoms with E-state index in [1.54, 1.807) is 0 Å². The summed E-state index contributed by atoms with van der Waals surface area (Å²) in [5.74, 6) is 0.885. The molecule has 0 fully saturated rings. The second-order valence-corrected chi connectivity index (χ2v) is 4.61. The summed E-state index contributed by atoms with van der Waals surface area (Å²) in [6.07, 6.45) is 0. The van der Waals surface area contributed by atoms with E-state index in [4.69, 9.17) is 3.07 Å². The molecule has 3 aromatic rings. The van der Waals surface area contributed by atoms with Crippen molar-refractivity contribution < 1.29 is 3.07 Å². The van der Waals surface area contributed by atoms with Crippen molar-refractivity contribution in [3.8, 4) is 16.9 Å². The minimum Gasteiger partial charge on any atom is -0.428 e. The van der Waals surface area contributed by atoms with Gasteiger partial charge in [-0.2, -0.15) is 0 Å². The molecule has 2 heteroatoms. The van der Waals surface area contributed by atoms with E-state index in [1.807, 2.05) is 35.1 Å². The van der Waals surface area contributed by atoms with Gasteiger partial charge in [-0.05, 0) is 40.1 Å². The molecule has 3 aromatic carbocycles. The number of hydrogen-bond acceptors (Lipinski definition) is 1. The lowest BCUT2D eigenvalue weighted by atomic mass is 10.0. The summed E-state index contributed by atoms with van der Waals surface area (Å²) in [4.78, 5) is 0. The molecule has 18 heavy (non-hydrogen) atoms. The second-order valence-electron chi connectivity index (χ2n) is 4.17. The maximum atomic E-state index is 5.21. The van der Waals surface area contributed by atoms with Crippen LogP contribution in [0.2, 0.25) is 0 Å². The first-order chi connectivity index (χ1) is 8.86. The van der Waals surface area contributed by atoms with Crippen molar-refractivity contribution >= 4 is 33.8 Å². The van der Waals surface area contributed by atoms with E-state index in [2.05, 4.69) is 54.6 Å². The first-order valence-corrected chi connectivity index (χ1v) is 6.63. The fourth-order valence-electron chi connectivity index (χ4n) is 2.08. The predicted molar refractivity (Wildman–Crippen MR) is 84.0 cm³/mol. The molecule has 3 rings (SSSR count). The van der Waals surface area contributed by atoms with E-state index < -0.39 is 0 Å². The Hall–Kier alpha value is -1.55. The molecule has 0 aromatic heterocycles. The van der Waals surface area contributed by atoms with Crippen molar-refractivity contribution in [2.24, 2.45) is 0 Å². The van der Waals surface area contributed by atoms with Gasteiger partial charge in [-0.15, -0.1) is 0 Å². The largest absolute Gasteiger partial charge is 0.428 e. The second kappa shape index (κ2) is 4.98. The molecule has 0 saturated carbocycles. The van der Waals surface area contributed by atoms with Gasteiger partial charge >= 0.3 is 0 Å². The molecule has 0 N–H and O–H groups in total. The van der Waals surface area contributed by atoms with E-state index in [0.717, 1.165) is 5.75 Å². The fraction of sp³-hybridized carbons (Fsp3) is 0. The molecular formula is C16H11IO. The standard InChI is InChI=1S/C16H11IO/c17-18-16-9-8-14-10-13(6-7-15(14)11-16)12-4-2-1-3-5-12/h1-11H. The third kappa shape index (κ3) is 2.20. The minimum atomic E-state index is 0.885. The molecule has 1 nitrogen and oxygen atoms in total. The number of rotatable bonds is 2. The number of hydrogen-bond donors (Lipinski definition) is 0. The highest BCUT2D eigenvalue weighted by Gasteiger charge is 2.00. The minimum absolute atomic E-state index is 0.885. The highest BCUT2D eigenvalue weighted by molar-refractivity contribution is 14.1. The van der Waals surface area contributed by atoms with Crippen LogP contribution in [0.5, 0.6) is 5.75 Å². The zero-order valence-corrected chi connectivity index (χ0v) is 11.8. The van der Waals surface area contributed by atoms with Crippen LogP contribution in [0.15, 0.2) is 66.7 Å². The fourth-order valence-corrected chi connectivity index (χ4v) is 2.36. The maximum Gasteiger partial charge on any atom is 0.192 e. The van der Waals surface area contributed by atoms with Crippen LogP contribution in [0.25, 0.3) is 21.9 Å². The third-order valence-corrected chi connectivity index (χ3v) is 3.52. The number of fused-ring (bicyclic) bond motifs is 1. The van der Waals surface area contributed by atoms with E-state index >= 15 is 0 Å². The Morgan fingerprint density at radius 2 is 1.39 bits per heavy atom. The molecule has 0 amide bonds. The van der Waals surface area contributed by atoms with Gasteiger partial charge in [0.1, 0.15) is 5.75 Å². The lowest BCUT2D eigenvalue weighted by Gasteiger charge is -2.05. The molecule has 88 valence electrons. The summed E-state index contributed by atoms with van der Waals surface area (Å²) in [6, 6.07) is 23.0. The Morgan fingerprint density at radius 3 is 2.17 bits per heavy atom. The zero-order chi connectivity index (χ0) is 12.4. The molecule has 0 spiro atoms. The third-order valence-electron chi connectivity index (χ3n) is 3.01. The van der Waals surface area contributed by atoms with E-state index in [0.29, 0.717) is 0 Å². The van der Waals surface area contributed by atoms with E-state index in [-0.39, 0.29) is 0 Å². The molecule has 0 radical (unpaired) electrons. The summed E-state index contributed by atoms with van der Waals surface area (Å²) in [5, 5.41) is 2.43. The molecule has 0 aliphatic carbocycles. The average molecular weight is 346 g/mol. The Balaban J connectivity index is 2.12. The summed E-state index contributed by atoms with van der Waals surface area (Å²) in [7, 11) is 0. The summed E-state index contributed by atoms with van der Waals surface area (Å²) >= 11 is 1.90. The monoisotopic (exact) mass is 346 g/mol. The molecule has 0 atom stereocenters. The lowest BCUT2D eigenvalue weighted by Crippen LogP contribution is -1.80. The first kappa shape index (κ1) is 11.5. The van der Waals surface area contributed by atoms with Gasteiger partial charge in [0, 0.05) is 0 Å². The van der Waals surface area contributed by atoms with Crippen LogP contribution in [0, 0.1) is 0 Å². The van der Waals surface area contributed by atoms with Gasteiger partial charge < -0.3 is 3.07 Å². The van der Waals surface area contributed by atoms with Crippen molar-refractivity contribution in [1.29, 1.82) is 0 Å². The highest BCUT2D eigenvalue weighted by Crippen LogP contribution is 2.27. The molecule has 0 aliphatic heterocycles. The van der Waals surface area contributed by atoms with Gasteiger partial charge in [-0.3, -0.25) is 0 Å². The summed E-state index contributed by atoms with van der Waals surface area (Å²) in [6.45, 7) is 0. The molecule has 0 heterocycles. The quantitative estimate of drug-likeness (QED) is 0.577. The van der Waals surface area contributed by atoms with Crippen LogP contribution in [0.3, 0.4) is 0 Å². The van der Waals surface area contributed by atoms with Crippen LogP contribution in [0.1, 0.15) is 0 Å². The summed E-state index contributed by atoms with van der Waals surface area (Å²) < 4.78 is 5.21. The maximum absolute atomic E-state index is 5.21. The SMILES string of the molecule is IOc1ccc2cc(-c3ccccc3)ccc2c1. The van der Waals surface area contributed by atoms with Gasteiger partial charge in [-0.1, -0.05) is 48.5 Å². The smallest absolute Gasteiger partial charge is 0.192 e. The number of halogens is 1. The molecule has 0 unspecified atom stereocenters. The van der Waals surface area contributed by atoms with E-state index in [9.17, 15) is 0 Å². The van der Waals surface area contributed by atoms with Gasteiger partial charge in [0.05, 0.1) is 0 Å². The zero-order valence-electron chi connectivity index (χ0n) is 9.64. The lowest BCUT2D eigenvalue weighted by molar-refractivity contribution is 0.718. The summed E-state index contributed by atoms with van der Waals surface area (Å²) in [5.41, 5.74) is 2.49. The number of benzene rings is 3. The van der Waals surface area contributed by atoms with Gasteiger partial charge in [-0.25, -0.2) is 0 Å². The van der Waals surface area contributed by atoms with Crippen molar-refractivity contribution in [1.82, 2.24) is 0 Å². The van der Waals surface area contributed by atoms with Crippen LogP contribution in [0.4, 0.5) is 0 Å². The van der Waals surface area contributed by atoms with Crippen LogP contribution < -0.4 is 3.07 Å². The highest BCUT2D eigenvalue weighted by atomic mass is 127. The molecular weight excluding hydrogens is 335 g/mol. The Labute approximate surface area is 120 Å². The predicted octanol–water partition coefficient (Wildman–Crippen LogP) is 5.24. The van der Waals surface area contributed by atoms with Crippen molar-refractivity contribution in [3.63, 3.8) is 0 Å². The molecule has 0 bridgehead atoms. The van der Waals surface area contributed by atoms with Gasteiger partial charge in [0.25, 0.3) is 0 Å². The van der Waals surface area contributed by atoms with Crippen LogP contribution in [-0.4, -0.2) is 0 Å². The average Bonchev–Trinajstić information content (AvgIpc) is 2.47. The van der Waals surface area contributed by atoms with Gasteiger partial charge in [0.2, 0.25) is 0 Å². The van der Waals surface area contributed by atoms with E-state index in [1.165, 1.54) is 21.9 Å². The van der Waals surface area contributed by atoms with Crippen molar-refractivity contribution in [3.05, 3.63) is 66.7 Å². The molecule has 0 saturated heterocycles. The Morgan fingerprint density at radius 1 is 0.667 bits per heavy atom. The van der Waals surface area contributed by atoms with Gasteiger partial charge in [0.15, 0.2) is 23.0 Å². The van der Waals surface area contributed by atoms with Crippen LogP contribution >= 0.6 is 23.0 Å². The first-order valence-electron chi connectivity index (χ1n) is 5.75. The van der Waals surface area contributed by atoms with Crippen LogP contribution in [-0.2, 0) is 0 Å². The topological polar surface area (TPSA) is 9.23 Å². The van der Waals surface area contributed by atoms with Crippen molar-refractivity contribution in [2.75, 3.05) is 0 Å². The van der Waals surface area contributed by atoms with Crippen molar-refractivity contribution in [2.45, 2.75) is 0 Å².